The maximum atomic E-state index is 12.1. The average Bonchev–Trinajstić information content (AvgIpc) is 2.79. The predicted octanol–water partition coefficient (Wildman–Crippen LogP) is 3.60. The zero-order valence-corrected chi connectivity index (χ0v) is 15.5. The van der Waals surface area contributed by atoms with E-state index in [1.165, 1.54) is 5.69 Å². The number of hydrogen-bond acceptors (Lipinski definition) is 2. The number of pyridine rings is 1. The molecule has 0 unspecified atom stereocenters. The van der Waals surface area contributed by atoms with Gasteiger partial charge in [-0.25, -0.2) is 0 Å². The Morgan fingerprint density at radius 1 is 1.32 bits per heavy atom. The van der Waals surface area contributed by atoms with Gasteiger partial charge in [0.25, 0.3) is 5.56 Å². The van der Waals surface area contributed by atoms with E-state index in [1.54, 1.807) is 0 Å². The molecule has 0 fully saturated rings. The minimum Gasteiger partial charge on any atom is -0.332 e. The molecule has 0 amide bonds. The number of rotatable bonds is 5. The van der Waals surface area contributed by atoms with E-state index in [4.69, 9.17) is 0 Å². The number of aromatic amines is 1. The average molecular weight is 366 g/mol. The molecule has 2 aromatic heterocycles. The highest BCUT2D eigenvalue weighted by atomic mass is 79.9. The Bertz CT molecular complexity index is 728. The Morgan fingerprint density at radius 2 is 2.00 bits per heavy atom. The summed E-state index contributed by atoms with van der Waals surface area (Å²) in [6.07, 6.45) is 3.04. The molecule has 4 nitrogen and oxygen atoms in total. The molecular weight excluding hydrogens is 342 g/mol. The van der Waals surface area contributed by atoms with E-state index < -0.39 is 0 Å². The van der Waals surface area contributed by atoms with Crippen LogP contribution in [0.15, 0.2) is 27.6 Å². The molecule has 0 aliphatic carbocycles. The van der Waals surface area contributed by atoms with Crippen LogP contribution in [0.3, 0.4) is 0 Å². The van der Waals surface area contributed by atoms with Gasteiger partial charge in [0.05, 0.1) is 5.66 Å². The van der Waals surface area contributed by atoms with Crippen LogP contribution in [0.4, 0.5) is 0 Å². The molecule has 0 aliphatic rings. The Balaban J connectivity index is 2.25. The van der Waals surface area contributed by atoms with Crippen molar-refractivity contribution in [2.75, 3.05) is 0 Å². The smallest absolute Gasteiger partial charge is 0.252 e. The molecule has 0 radical (unpaired) electrons. The van der Waals surface area contributed by atoms with Crippen molar-refractivity contribution >= 4 is 15.9 Å². The SMILES string of the molecule is CCc1cc(Br)cn1C(C)(C)NCc1c(C)cc(C)[nH]c1=O. The van der Waals surface area contributed by atoms with Crippen molar-refractivity contribution in [1.29, 1.82) is 0 Å². The summed E-state index contributed by atoms with van der Waals surface area (Å²) in [5.74, 6) is 0. The molecule has 0 aromatic carbocycles. The Hall–Kier alpha value is -1.33. The molecule has 0 aliphatic heterocycles. The van der Waals surface area contributed by atoms with E-state index in [0.29, 0.717) is 6.54 Å². The van der Waals surface area contributed by atoms with Crippen molar-refractivity contribution in [3.8, 4) is 0 Å². The largest absolute Gasteiger partial charge is 0.332 e. The highest BCUT2D eigenvalue weighted by Crippen LogP contribution is 2.23. The maximum absolute atomic E-state index is 12.1. The quantitative estimate of drug-likeness (QED) is 0.850. The van der Waals surface area contributed by atoms with Crippen LogP contribution in [0.25, 0.3) is 0 Å². The fourth-order valence-corrected chi connectivity index (χ4v) is 3.23. The van der Waals surface area contributed by atoms with Gasteiger partial charge in [-0.3, -0.25) is 10.1 Å². The van der Waals surface area contributed by atoms with Gasteiger partial charge >= 0.3 is 0 Å². The third kappa shape index (κ3) is 3.52. The normalized spacial score (nSPS) is 11.9. The fourth-order valence-electron chi connectivity index (χ4n) is 2.76. The summed E-state index contributed by atoms with van der Waals surface area (Å²) in [7, 11) is 0. The van der Waals surface area contributed by atoms with Gasteiger partial charge in [0, 0.05) is 34.2 Å². The first kappa shape index (κ1) is 17.0. The number of nitrogens with zero attached hydrogens (tertiary/aromatic N) is 1. The summed E-state index contributed by atoms with van der Waals surface area (Å²) in [5.41, 5.74) is 3.68. The van der Waals surface area contributed by atoms with Gasteiger partial charge < -0.3 is 9.55 Å². The van der Waals surface area contributed by atoms with Gasteiger partial charge in [-0.2, -0.15) is 0 Å². The minimum atomic E-state index is -0.277. The zero-order valence-electron chi connectivity index (χ0n) is 13.9. The number of aryl methyl sites for hydroxylation is 3. The van der Waals surface area contributed by atoms with E-state index >= 15 is 0 Å². The number of halogens is 1. The molecule has 2 N–H and O–H groups in total. The van der Waals surface area contributed by atoms with Gasteiger partial charge in [-0.15, -0.1) is 0 Å². The lowest BCUT2D eigenvalue weighted by Crippen LogP contribution is -2.43. The van der Waals surface area contributed by atoms with Crippen LogP contribution >= 0.6 is 15.9 Å². The number of hydrogen-bond donors (Lipinski definition) is 2. The molecule has 0 bridgehead atoms. The summed E-state index contributed by atoms with van der Waals surface area (Å²) in [4.78, 5) is 15.0. The molecule has 2 aromatic rings. The summed E-state index contributed by atoms with van der Waals surface area (Å²) >= 11 is 3.54. The third-order valence-electron chi connectivity index (χ3n) is 4.02. The number of aromatic nitrogens is 2. The summed E-state index contributed by atoms with van der Waals surface area (Å²) in [6, 6.07) is 4.14. The second-order valence-electron chi connectivity index (χ2n) is 6.23. The van der Waals surface area contributed by atoms with Crippen molar-refractivity contribution < 1.29 is 0 Å². The van der Waals surface area contributed by atoms with Crippen molar-refractivity contribution in [2.45, 2.75) is 53.2 Å². The third-order valence-corrected chi connectivity index (χ3v) is 4.46. The summed E-state index contributed by atoms with van der Waals surface area (Å²) in [5, 5.41) is 3.50. The fraction of sp³-hybridized carbons (Fsp3) is 0.471. The Kier molecular flexibility index (Phi) is 4.97. The summed E-state index contributed by atoms with van der Waals surface area (Å²) in [6.45, 7) is 10.8. The van der Waals surface area contributed by atoms with E-state index in [9.17, 15) is 4.79 Å². The molecule has 0 spiro atoms. The van der Waals surface area contributed by atoms with E-state index in [2.05, 4.69) is 63.8 Å². The molecule has 0 atom stereocenters. The van der Waals surface area contributed by atoms with Crippen LogP contribution in [-0.2, 0) is 18.6 Å². The second kappa shape index (κ2) is 6.42. The molecule has 5 heteroatoms. The summed E-state index contributed by atoms with van der Waals surface area (Å²) < 4.78 is 3.29. The molecule has 0 saturated heterocycles. The Labute approximate surface area is 140 Å². The highest BCUT2D eigenvalue weighted by molar-refractivity contribution is 9.10. The molecule has 120 valence electrons. The topological polar surface area (TPSA) is 49.8 Å². The van der Waals surface area contributed by atoms with Crippen molar-refractivity contribution in [1.82, 2.24) is 14.9 Å². The molecular formula is C17H24BrN3O. The molecule has 22 heavy (non-hydrogen) atoms. The maximum Gasteiger partial charge on any atom is 0.252 e. The van der Waals surface area contributed by atoms with Gasteiger partial charge in [0.1, 0.15) is 0 Å². The second-order valence-corrected chi connectivity index (χ2v) is 7.14. The Morgan fingerprint density at radius 3 is 2.59 bits per heavy atom. The molecule has 0 saturated carbocycles. The lowest BCUT2D eigenvalue weighted by Gasteiger charge is -2.31. The highest BCUT2D eigenvalue weighted by Gasteiger charge is 2.22. The monoisotopic (exact) mass is 365 g/mol. The molecule has 2 heterocycles. The lowest BCUT2D eigenvalue weighted by molar-refractivity contribution is 0.264. The van der Waals surface area contributed by atoms with Crippen LogP contribution in [0.1, 0.15) is 43.3 Å². The standard InChI is InChI=1S/C17H24BrN3O/c1-6-14-8-13(18)10-21(14)17(4,5)19-9-15-11(2)7-12(3)20-16(15)22/h7-8,10,19H,6,9H2,1-5H3,(H,20,22). The van der Waals surface area contributed by atoms with Gasteiger partial charge in [0.2, 0.25) is 0 Å². The van der Waals surface area contributed by atoms with Crippen LogP contribution < -0.4 is 10.9 Å². The minimum absolute atomic E-state index is 0.00907. The first-order valence-corrected chi connectivity index (χ1v) is 8.35. The number of nitrogens with one attached hydrogen (secondary N) is 2. The van der Waals surface area contributed by atoms with E-state index in [1.807, 2.05) is 19.9 Å². The number of H-pyrrole nitrogens is 1. The van der Waals surface area contributed by atoms with Crippen LogP contribution in [0.2, 0.25) is 0 Å². The first-order valence-electron chi connectivity index (χ1n) is 7.56. The van der Waals surface area contributed by atoms with Crippen molar-refractivity contribution in [3.05, 3.63) is 55.7 Å². The van der Waals surface area contributed by atoms with Crippen LogP contribution in [-0.4, -0.2) is 9.55 Å². The first-order chi connectivity index (χ1) is 10.2. The van der Waals surface area contributed by atoms with Crippen molar-refractivity contribution in [3.63, 3.8) is 0 Å². The predicted molar refractivity (Wildman–Crippen MR) is 94.2 cm³/mol. The van der Waals surface area contributed by atoms with Gasteiger partial charge in [-0.05, 0) is 67.7 Å². The van der Waals surface area contributed by atoms with Gasteiger partial charge in [0.15, 0.2) is 0 Å². The zero-order chi connectivity index (χ0) is 16.5. The van der Waals surface area contributed by atoms with Crippen LogP contribution in [0, 0.1) is 13.8 Å². The molecule has 2 rings (SSSR count). The van der Waals surface area contributed by atoms with E-state index in [0.717, 1.165) is 27.7 Å². The lowest BCUT2D eigenvalue weighted by atomic mass is 10.1. The van der Waals surface area contributed by atoms with E-state index in [-0.39, 0.29) is 11.2 Å². The van der Waals surface area contributed by atoms with Crippen molar-refractivity contribution in [2.24, 2.45) is 0 Å². The van der Waals surface area contributed by atoms with Gasteiger partial charge in [-0.1, -0.05) is 6.92 Å². The van der Waals surface area contributed by atoms with Crippen LogP contribution in [0.5, 0.6) is 0 Å².